The number of hydrogen-bond acceptors (Lipinski definition) is 4. The van der Waals surface area contributed by atoms with Crippen LogP contribution in [0.25, 0.3) is 6.08 Å². The normalized spacial score (nSPS) is 10.6. The highest BCUT2D eigenvalue weighted by Crippen LogP contribution is 2.24. The van der Waals surface area contributed by atoms with Gasteiger partial charge in [0.05, 0.1) is 24.7 Å². The van der Waals surface area contributed by atoms with Crippen molar-refractivity contribution in [2.75, 3.05) is 17.7 Å². The van der Waals surface area contributed by atoms with Crippen LogP contribution in [0.5, 0.6) is 5.75 Å². The van der Waals surface area contributed by atoms with Crippen molar-refractivity contribution >= 4 is 29.3 Å². The minimum absolute atomic E-state index is 0.192. The third-order valence-corrected chi connectivity index (χ3v) is 3.97. The van der Waals surface area contributed by atoms with Crippen molar-refractivity contribution in [1.29, 1.82) is 0 Å². The third kappa shape index (κ3) is 4.88. The van der Waals surface area contributed by atoms with E-state index >= 15 is 0 Å². The van der Waals surface area contributed by atoms with E-state index in [9.17, 15) is 9.59 Å². The van der Waals surface area contributed by atoms with Gasteiger partial charge in [0.2, 0.25) is 5.91 Å². The van der Waals surface area contributed by atoms with Crippen LogP contribution in [0.1, 0.15) is 21.7 Å². The van der Waals surface area contributed by atoms with Crippen LogP contribution in [0, 0.1) is 6.92 Å². The number of carbonyl (C=O) groups excluding carboxylic acids is 2. The zero-order chi connectivity index (χ0) is 19.9. The van der Waals surface area contributed by atoms with Crippen LogP contribution in [-0.4, -0.2) is 18.9 Å². The van der Waals surface area contributed by atoms with Crippen LogP contribution < -0.4 is 15.4 Å². The third-order valence-electron chi connectivity index (χ3n) is 3.97. The maximum Gasteiger partial charge on any atom is 0.291 e. The quantitative estimate of drug-likeness (QED) is 0.621. The number of hydrogen-bond donors (Lipinski definition) is 2. The molecule has 2 N–H and O–H groups in total. The number of anilines is 2. The Bertz CT molecular complexity index is 990. The zero-order valence-electron chi connectivity index (χ0n) is 15.6. The van der Waals surface area contributed by atoms with Gasteiger partial charge in [-0.05, 0) is 60.5 Å². The van der Waals surface area contributed by atoms with Crippen LogP contribution in [0.2, 0.25) is 0 Å². The molecule has 2 aromatic carbocycles. The first kappa shape index (κ1) is 19.0. The molecule has 0 unspecified atom stereocenters. The van der Waals surface area contributed by atoms with Gasteiger partial charge in [-0.2, -0.15) is 0 Å². The maximum atomic E-state index is 12.3. The molecule has 2 amide bonds. The summed E-state index contributed by atoms with van der Waals surface area (Å²) in [5.41, 5.74) is 2.81. The SMILES string of the molecule is COc1ccc(/C=C/C(=O)Nc2cc(C)ccc2NC(=O)c2ccco2)cc1. The van der Waals surface area contributed by atoms with Crippen LogP contribution in [0.3, 0.4) is 0 Å². The molecular weight excluding hydrogens is 356 g/mol. The highest BCUT2D eigenvalue weighted by atomic mass is 16.5. The molecule has 6 nitrogen and oxygen atoms in total. The van der Waals surface area contributed by atoms with Gasteiger partial charge in [0, 0.05) is 6.08 Å². The lowest BCUT2D eigenvalue weighted by molar-refractivity contribution is -0.111. The van der Waals surface area contributed by atoms with Gasteiger partial charge in [-0.1, -0.05) is 18.2 Å². The molecule has 0 bridgehead atoms. The molecule has 3 aromatic rings. The number of ether oxygens (including phenoxy) is 1. The van der Waals surface area contributed by atoms with Crippen molar-refractivity contribution in [3.63, 3.8) is 0 Å². The van der Waals surface area contributed by atoms with Crippen molar-refractivity contribution in [3.8, 4) is 5.75 Å². The summed E-state index contributed by atoms with van der Waals surface area (Å²) in [7, 11) is 1.60. The Balaban J connectivity index is 1.71. The van der Waals surface area contributed by atoms with Crippen molar-refractivity contribution in [2.45, 2.75) is 6.92 Å². The van der Waals surface area contributed by atoms with Gasteiger partial charge in [-0.15, -0.1) is 0 Å². The second-order valence-electron chi connectivity index (χ2n) is 6.08. The molecule has 1 heterocycles. The Kier molecular flexibility index (Phi) is 5.91. The highest BCUT2D eigenvalue weighted by molar-refractivity contribution is 6.08. The Morgan fingerprint density at radius 2 is 1.79 bits per heavy atom. The lowest BCUT2D eigenvalue weighted by Crippen LogP contribution is -2.15. The van der Waals surface area contributed by atoms with Crippen molar-refractivity contribution in [2.24, 2.45) is 0 Å². The number of aryl methyl sites for hydroxylation is 1. The molecule has 3 rings (SSSR count). The molecule has 0 spiro atoms. The summed E-state index contributed by atoms with van der Waals surface area (Å²) < 4.78 is 10.2. The van der Waals surface area contributed by atoms with Crippen molar-refractivity contribution in [3.05, 3.63) is 83.8 Å². The maximum absolute atomic E-state index is 12.3. The first-order valence-electron chi connectivity index (χ1n) is 8.64. The molecule has 0 fully saturated rings. The second kappa shape index (κ2) is 8.73. The van der Waals surface area contributed by atoms with E-state index in [2.05, 4.69) is 10.6 Å². The topological polar surface area (TPSA) is 80.6 Å². The number of amides is 2. The largest absolute Gasteiger partial charge is 0.497 e. The Morgan fingerprint density at radius 3 is 2.46 bits per heavy atom. The predicted molar refractivity (Wildman–Crippen MR) is 108 cm³/mol. The number of methoxy groups -OCH3 is 1. The molecule has 0 atom stereocenters. The minimum Gasteiger partial charge on any atom is -0.497 e. The zero-order valence-corrected chi connectivity index (χ0v) is 15.6. The first-order chi connectivity index (χ1) is 13.5. The second-order valence-corrected chi connectivity index (χ2v) is 6.08. The van der Waals surface area contributed by atoms with E-state index in [1.807, 2.05) is 37.3 Å². The number of nitrogens with one attached hydrogen (secondary N) is 2. The molecular formula is C22H20N2O4. The van der Waals surface area contributed by atoms with E-state index in [1.165, 1.54) is 12.3 Å². The summed E-state index contributed by atoms with van der Waals surface area (Å²) in [5, 5.41) is 5.55. The van der Waals surface area contributed by atoms with Gasteiger partial charge in [-0.25, -0.2) is 0 Å². The fourth-order valence-corrected chi connectivity index (χ4v) is 2.52. The number of rotatable bonds is 6. The van der Waals surface area contributed by atoms with E-state index < -0.39 is 5.91 Å². The van der Waals surface area contributed by atoms with Gasteiger partial charge in [0.1, 0.15) is 5.75 Å². The molecule has 0 radical (unpaired) electrons. The van der Waals surface area contributed by atoms with Crippen molar-refractivity contribution < 1.29 is 18.7 Å². The number of carbonyl (C=O) groups is 2. The van der Waals surface area contributed by atoms with Crippen LogP contribution >= 0.6 is 0 Å². The minimum atomic E-state index is -0.391. The Hall–Kier alpha value is -3.80. The van der Waals surface area contributed by atoms with Crippen LogP contribution in [0.4, 0.5) is 11.4 Å². The summed E-state index contributed by atoms with van der Waals surface area (Å²) in [6, 6.07) is 15.9. The van der Waals surface area contributed by atoms with E-state index in [-0.39, 0.29) is 11.7 Å². The molecule has 0 aliphatic heterocycles. The van der Waals surface area contributed by atoms with Gasteiger partial charge in [-0.3, -0.25) is 9.59 Å². The molecule has 0 aliphatic carbocycles. The smallest absolute Gasteiger partial charge is 0.291 e. The number of benzene rings is 2. The lowest BCUT2D eigenvalue weighted by atomic mass is 10.1. The van der Waals surface area contributed by atoms with Crippen LogP contribution in [-0.2, 0) is 4.79 Å². The van der Waals surface area contributed by atoms with Crippen molar-refractivity contribution in [1.82, 2.24) is 0 Å². The summed E-state index contributed by atoms with van der Waals surface area (Å²) in [4.78, 5) is 24.6. The molecule has 0 saturated carbocycles. The first-order valence-corrected chi connectivity index (χ1v) is 8.64. The fraction of sp³-hybridized carbons (Fsp3) is 0.0909. The van der Waals surface area contributed by atoms with E-state index in [0.717, 1.165) is 16.9 Å². The molecule has 28 heavy (non-hydrogen) atoms. The monoisotopic (exact) mass is 376 g/mol. The molecule has 0 aliphatic rings. The summed E-state index contributed by atoms with van der Waals surface area (Å²) in [6.07, 6.45) is 4.56. The standard InChI is InChI=1S/C22H20N2O4/c1-15-5-11-18(24-22(26)20-4-3-13-28-20)19(14-15)23-21(25)12-8-16-6-9-17(27-2)10-7-16/h3-14H,1-2H3,(H,23,25)(H,24,26)/b12-8+. The highest BCUT2D eigenvalue weighted by Gasteiger charge is 2.12. The molecule has 6 heteroatoms. The summed E-state index contributed by atoms with van der Waals surface area (Å²) >= 11 is 0. The van der Waals surface area contributed by atoms with Gasteiger partial charge in [0.25, 0.3) is 5.91 Å². The van der Waals surface area contributed by atoms with Gasteiger partial charge >= 0.3 is 0 Å². The van der Waals surface area contributed by atoms with E-state index in [1.54, 1.807) is 37.5 Å². The fourth-order valence-electron chi connectivity index (χ4n) is 2.52. The summed E-state index contributed by atoms with van der Waals surface area (Å²) in [5.74, 6) is 0.239. The summed E-state index contributed by atoms with van der Waals surface area (Å²) in [6.45, 7) is 1.90. The molecule has 142 valence electrons. The average Bonchev–Trinajstić information content (AvgIpc) is 3.24. The van der Waals surface area contributed by atoms with E-state index in [4.69, 9.17) is 9.15 Å². The number of furan rings is 1. The Labute approximate surface area is 162 Å². The van der Waals surface area contributed by atoms with Gasteiger partial charge in [0.15, 0.2) is 5.76 Å². The molecule has 0 saturated heterocycles. The Morgan fingerprint density at radius 1 is 1.00 bits per heavy atom. The van der Waals surface area contributed by atoms with Gasteiger partial charge < -0.3 is 19.8 Å². The molecule has 1 aromatic heterocycles. The lowest BCUT2D eigenvalue weighted by Gasteiger charge is -2.11. The predicted octanol–water partition coefficient (Wildman–Crippen LogP) is 4.50. The average molecular weight is 376 g/mol. The van der Waals surface area contributed by atoms with Crippen LogP contribution in [0.15, 0.2) is 71.4 Å². The van der Waals surface area contributed by atoms with E-state index in [0.29, 0.717) is 11.4 Å².